The summed E-state index contributed by atoms with van der Waals surface area (Å²) in [4.78, 5) is 13.9. The maximum Gasteiger partial charge on any atom is 0.251 e. The first-order valence-electron chi connectivity index (χ1n) is 6.47. The van der Waals surface area contributed by atoms with Gasteiger partial charge in [0.2, 0.25) is 0 Å². The van der Waals surface area contributed by atoms with Gasteiger partial charge in [-0.1, -0.05) is 6.07 Å². The molecule has 1 saturated heterocycles. The Morgan fingerprint density at radius 1 is 1.39 bits per heavy atom. The number of hydrogen-bond acceptors (Lipinski definition) is 3. The molecule has 0 radical (unpaired) electrons. The van der Waals surface area contributed by atoms with Gasteiger partial charge in [0.1, 0.15) is 12.4 Å². The van der Waals surface area contributed by atoms with Gasteiger partial charge in [-0.25, -0.2) is 0 Å². The minimum absolute atomic E-state index is 0.0833. The average molecular weight is 248 g/mol. The second kappa shape index (κ2) is 6.40. The van der Waals surface area contributed by atoms with Gasteiger partial charge in [0.05, 0.1) is 0 Å². The predicted octanol–water partition coefficient (Wildman–Crippen LogP) is 1.52. The van der Waals surface area contributed by atoms with Crippen molar-refractivity contribution in [1.82, 2.24) is 10.2 Å². The third kappa shape index (κ3) is 3.47. The monoisotopic (exact) mass is 248 g/mol. The van der Waals surface area contributed by atoms with Gasteiger partial charge in [-0.15, -0.1) is 0 Å². The predicted molar refractivity (Wildman–Crippen MR) is 71.0 cm³/mol. The Morgan fingerprint density at radius 2 is 2.17 bits per heavy atom. The first-order chi connectivity index (χ1) is 8.79. The van der Waals surface area contributed by atoms with Gasteiger partial charge in [-0.2, -0.15) is 0 Å². The maximum absolute atomic E-state index is 11.5. The number of nitrogens with one attached hydrogen (secondary N) is 1. The molecule has 0 spiro atoms. The van der Waals surface area contributed by atoms with E-state index in [1.54, 1.807) is 19.2 Å². The number of amides is 1. The van der Waals surface area contributed by atoms with Crippen molar-refractivity contribution in [1.29, 1.82) is 0 Å². The molecule has 2 rings (SSSR count). The normalized spacial score (nSPS) is 15.6. The van der Waals surface area contributed by atoms with Gasteiger partial charge in [0.25, 0.3) is 5.91 Å². The van der Waals surface area contributed by atoms with Crippen LogP contribution in [0.15, 0.2) is 24.3 Å². The van der Waals surface area contributed by atoms with Crippen LogP contribution in [-0.2, 0) is 0 Å². The number of benzene rings is 1. The van der Waals surface area contributed by atoms with Crippen LogP contribution in [0.1, 0.15) is 23.2 Å². The number of rotatable bonds is 5. The zero-order valence-electron chi connectivity index (χ0n) is 10.8. The molecule has 98 valence electrons. The third-order valence-corrected chi connectivity index (χ3v) is 3.20. The lowest BCUT2D eigenvalue weighted by Gasteiger charge is -2.15. The topological polar surface area (TPSA) is 41.6 Å². The maximum atomic E-state index is 11.5. The molecule has 1 fully saturated rings. The Kier molecular flexibility index (Phi) is 4.59. The van der Waals surface area contributed by atoms with Gasteiger partial charge >= 0.3 is 0 Å². The van der Waals surface area contributed by atoms with Crippen molar-refractivity contribution in [2.75, 3.05) is 33.3 Å². The Labute approximate surface area is 108 Å². The van der Waals surface area contributed by atoms with Crippen molar-refractivity contribution in [2.24, 2.45) is 0 Å². The molecule has 18 heavy (non-hydrogen) atoms. The van der Waals surface area contributed by atoms with Crippen LogP contribution in [0, 0.1) is 0 Å². The molecule has 0 unspecified atom stereocenters. The van der Waals surface area contributed by atoms with Crippen molar-refractivity contribution >= 4 is 5.91 Å². The molecular formula is C14H20N2O2. The lowest BCUT2D eigenvalue weighted by molar-refractivity contribution is 0.0962. The Bertz CT molecular complexity index is 401. The number of hydrogen-bond donors (Lipinski definition) is 1. The summed E-state index contributed by atoms with van der Waals surface area (Å²) in [5.41, 5.74) is 0.635. The minimum atomic E-state index is -0.0833. The summed E-state index contributed by atoms with van der Waals surface area (Å²) in [6, 6.07) is 7.29. The largest absolute Gasteiger partial charge is 0.492 e. The van der Waals surface area contributed by atoms with Gasteiger partial charge in [-0.05, 0) is 44.1 Å². The first kappa shape index (κ1) is 12.9. The van der Waals surface area contributed by atoms with Crippen LogP contribution in [0.5, 0.6) is 5.75 Å². The van der Waals surface area contributed by atoms with E-state index in [4.69, 9.17) is 4.74 Å². The van der Waals surface area contributed by atoms with Gasteiger partial charge < -0.3 is 10.1 Å². The molecule has 1 amide bonds. The number of carbonyl (C=O) groups is 1. The Hall–Kier alpha value is -1.55. The van der Waals surface area contributed by atoms with Crippen LogP contribution in [0.2, 0.25) is 0 Å². The first-order valence-corrected chi connectivity index (χ1v) is 6.47. The zero-order chi connectivity index (χ0) is 12.8. The second-order valence-electron chi connectivity index (χ2n) is 4.50. The van der Waals surface area contributed by atoms with Crippen LogP contribution < -0.4 is 10.1 Å². The lowest BCUT2D eigenvalue weighted by Crippen LogP contribution is -2.25. The van der Waals surface area contributed by atoms with E-state index >= 15 is 0 Å². The third-order valence-electron chi connectivity index (χ3n) is 3.20. The molecule has 0 aromatic heterocycles. The molecule has 1 aromatic carbocycles. The SMILES string of the molecule is CNC(=O)c1cccc(OCCN2CCCC2)c1. The Morgan fingerprint density at radius 3 is 2.89 bits per heavy atom. The molecular weight excluding hydrogens is 228 g/mol. The van der Waals surface area contributed by atoms with E-state index in [-0.39, 0.29) is 5.91 Å². The van der Waals surface area contributed by atoms with E-state index in [9.17, 15) is 4.79 Å². The molecule has 0 bridgehead atoms. The highest BCUT2D eigenvalue weighted by Gasteiger charge is 2.11. The van der Waals surface area contributed by atoms with Crippen molar-refractivity contribution < 1.29 is 9.53 Å². The quantitative estimate of drug-likeness (QED) is 0.859. The summed E-state index contributed by atoms with van der Waals surface area (Å²) in [5.74, 6) is 0.676. The van der Waals surface area contributed by atoms with E-state index in [2.05, 4.69) is 10.2 Å². The molecule has 0 aliphatic carbocycles. The van der Waals surface area contributed by atoms with Crippen LogP contribution in [0.25, 0.3) is 0 Å². The van der Waals surface area contributed by atoms with Crippen molar-refractivity contribution in [3.05, 3.63) is 29.8 Å². The van der Waals surface area contributed by atoms with Crippen molar-refractivity contribution in [2.45, 2.75) is 12.8 Å². The van der Waals surface area contributed by atoms with Crippen LogP contribution >= 0.6 is 0 Å². The van der Waals surface area contributed by atoms with E-state index in [0.717, 1.165) is 12.3 Å². The Balaban J connectivity index is 1.83. The number of carbonyl (C=O) groups excluding carboxylic acids is 1. The molecule has 1 N–H and O–H groups in total. The highest BCUT2D eigenvalue weighted by atomic mass is 16.5. The molecule has 1 heterocycles. The zero-order valence-corrected chi connectivity index (χ0v) is 10.8. The van der Waals surface area contributed by atoms with Crippen molar-refractivity contribution in [3.8, 4) is 5.75 Å². The summed E-state index contributed by atoms with van der Waals surface area (Å²) in [6.45, 7) is 4.00. The highest BCUT2D eigenvalue weighted by molar-refractivity contribution is 5.94. The average Bonchev–Trinajstić information content (AvgIpc) is 2.91. The molecule has 0 atom stereocenters. The van der Waals surface area contributed by atoms with Gasteiger partial charge in [0.15, 0.2) is 0 Å². The fourth-order valence-corrected chi connectivity index (χ4v) is 2.17. The summed E-state index contributed by atoms with van der Waals surface area (Å²) in [5, 5.41) is 2.61. The molecule has 1 aromatic rings. The van der Waals surface area contributed by atoms with Crippen LogP contribution in [-0.4, -0.2) is 44.1 Å². The van der Waals surface area contributed by atoms with Gasteiger partial charge in [-0.3, -0.25) is 9.69 Å². The van der Waals surface area contributed by atoms with E-state index < -0.39 is 0 Å². The fraction of sp³-hybridized carbons (Fsp3) is 0.500. The standard InChI is InChI=1S/C14H20N2O2/c1-15-14(17)12-5-4-6-13(11-12)18-10-9-16-7-2-3-8-16/h4-6,11H,2-3,7-10H2,1H3,(H,15,17). The number of ether oxygens (including phenoxy) is 1. The van der Waals surface area contributed by atoms with E-state index in [1.807, 2.05) is 12.1 Å². The molecule has 0 saturated carbocycles. The molecule has 1 aliphatic heterocycles. The molecule has 4 nitrogen and oxygen atoms in total. The molecule has 4 heteroatoms. The van der Waals surface area contributed by atoms with Crippen LogP contribution in [0.4, 0.5) is 0 Å². The summed E-state index contributed by atoms with van der Waals surface area (Å²) < 4.78 is 5.68. The van der Waals surface area contributed by atoms with E-state index in [0.29, 0.717) is 12.2 Å². The molecule has 1 aliphatic rings. The second-order valence-corrected chi connectivity index (χ2v) is 4.50. The number of nitrogens with zero attached hydrogens (tertiary/aromatic N) is 1. The van der Waals surface area contributed by atoms with E-state index in [1.165, 1.54) is 25.9 Å². The summed E-state index contributed by atoms with van der Waals surface area (Å²) in [7, 11) is 1.63. The smallest absolute Gasteiger partial charge is 0.251 e. The minimum Gasteiger partial charge on any atom is -0.492 e. The summed E-state index contributed by atoms with van der Waals surface area (Å²) >= 11 is 0. The van der Waals surface area contributed by atoms with Gasteiger partial charge in [0, 0.05) is 19.2 Å². The lowest BCUT2D eigenvalue weighted by atomic mass is 10.2. The van der Waals surface area contributed by atoms with Crippen molar-refractivity contribution in [3.63, 3.8) is 0 Å². The van der Waals surface area contributed by atoms with Crippen LogP contribution in [0.3, 0.4) is 0 Å². The fourth-order valence-electron chi connectivity index (χ4n) is 2.17. The highest BCUT2D eigenvalue weighted by Crippen LogP contribution is 2.14. The number of likely N-dealkylation sites (tertiary alicyclic amines) is 1. The summed E-state index contributed by atoms with van der Waals surface area (Å²) in [6.07, 6.45) is 2.60.